The quantitative estimate of drug-likeness (QED) is 0.401. The molecule has 1 aromatic rings. The van der Waals surface area contributed by atoms with E-state index in [9.17, 15) is 0 Å². The summed E-state index contributed by atoms with van der Waals surface area (Å²) >= 11 is 1.88. The van der Waals surface area contributed by atoms with Gasteiger partial charge in [0.2, 0.25) is 0 Å². The van der Waals surface area contributed by atoms with Gasteiger partial charge in [-0.1, -0.05) is 61.1 Å². The molecule has 0 saturated carbocycles. The molecule has 0 nitrogen and oxygen atoms in total. The van der Waals surface area contributed by atoms with E-state index in [4.69, 9.17) is 0 Å². The lowest BCUT2D eigenvalue weighted by atomic mass is 9.85. The maximum absolute atomic E-state index is 4.22. The molecule has 114 valence electrons. The topological polar surface area (TPSA) is 0 Å². The zero-order valence-corrected chi connectivity index (χ0v) is 14.9. The highest BCUT2D eigenvalue weighted by Gasteiger charge is 2.18. The molecule has 0 amide bonds. The Labute approximate surface area is 135 Å². The summed E-state index contributed by atoms with van der Waals surface area (Å²) in [7, 11) is 0. The highest BCUT2D eigenvalue weighted by molar-refractivity contribution is 8.03. The highest BCUT2D eigenvalue weighted by Crippen LogP contribution is 2.37. The molecular formula is C20H28S. The number of rotatable bonds is 7. The fourth-order valence-corrected chi connectivity index (χ4v) is 3.49. The lowest BCUT2D eigenvalue weighted by molar-refractivity contribution is 0.763. The van der Waals surface area contributed by atoms with E-state index in [1.807, 2.05) is 11.8 Å². The predicted octanol–water partition coefficient (Wildman–Crippen LogP) is 6.65. The summed E-state index contributed by atoms with van der Waals surface area (Å²) in [6, 6.07) is 8.90. The second-order valence-electron chi connectivity index (χ2n) is 5.87. The third-order valence-electron chi connectivity index (χ3n) is 3.61. The van der Waals surface area contributed by atoms with Crippen molar-refractivity contribution in [3.63, 3.8) is 0 Å². The summed E-state index contributed by atoms with van der Waals surface area (Å²) in [4.78, 5) is 1.37. The van der Waals surface area contributed by atoms with Crippen molar-refractivity contribution in [3.05, 3.63) is 70.2 Å². The van der Waals surface area contributed by atoms with Gasteiger partial charge >= 0.3 is 0 Å². The normalized spacial score (nSPS) is 13.6. The maximum Gasteiger partial charge on any atom is 0.0182 e. The van der Waals surface area contributed by atoms with Crippen LogP contribution in [0.4, 0.5) is 0 Å². The van der Waals surface area contributed by atoms with Crippen molar-refractivity contribution in [2.75, 3.05) is 5.75 Å². The van der Waals surface area contributed by atoms with Crippen LogP contribution in [-0.4, -0.2) is 5.75 Å². The first-order valence-corrected chi connectivity index (χ1v) is 8.55. The van der Waals surface area contributed by atoms with Crippen molar-refractivity contribution in [1.29, 1.82) is 0 Å². The van der Waals surface area contributed by atoms with Crippen molar-refractivity contribution >= 4 is 11.8 Å². The summed E-state index contributed by atoms with van der Waals surface area (Å²) in [5.74, 6) is 1.41. The maximum atomic E-state index is 4.22. The Balaban J connectivity index is 3.17. The van der Waals surface area contributed by atoms with Crippen molar-refractivity contribution in [2.45, 2.75) is 47.0 Å². The van der Waals surface area contributed by atoms with E-state index < -0.39 is 0 Å². The minimum absolute atomic E-state index is 0.431. The number of hydrogen-bond donors (Lipinski definition) is 0. The van der Waals surface area contributed by atoms with Gasteiger partial charge in [0.1, 0.15) is 0 Å². The summed E-state index contributed by atoms with van der Waals surface area (Å²) in [6.45, 7) is 19.0. The van der Waals surface area contributed by atoms with Gasteiger partial charge in [-0.05, 0) is 50.2 Å². The minimum atomic E-state index is 0.431. The van der Waals surface area contributed by atoms with Crippen molar-refractivity contribution < 1.29 is 0 Å². The van der Waals surface area contributed by atoms with Gasteiger partial charge in [-0.25, -0.2) is 0 Å². The van der Waals surface area contributed by atoms with Crippen LogP contribution in [0.2, 0.25) is 0 Å². The van der Waals surface area contributed by atoms with E-state index in [1.165, 1.54) is 32.8 Å². The van der Waals surface area contributed by atoms with Gasteiger partial charge < -0.3 is 0 Å². The third-order valence-corrected chi connectivity index (χ3v) is 4.90. The Morgan fingerprint density at radius 2 is 1.67 bits per heavy atom. The number of thioether (sulfide) groups is 1. The number of aryl methyl sites for hydroxylation is 1. The molecule has 0 bridgehead atoms. The predicted molar refractivity (Wildman–Crippen MR) is 99.0 cm³/mol. The van der Waals surface area contributed by atoms with Crippen LogP contribution in [0.5, 0.6) is 0 Å². The summed E-state index contributed by atoms with van der Waals surface area (Å²) < 4.78 is 0. The molecule has 1 rings (SSSR count). The molecule has 0 spiro atoms. The van der Waals surface area contributed by atoms with Crippen LogP contribution in [0.25, 0.3) is 0 Å². The Kier molecular flexibility index (Phi) is 7.04. The van der Waals surface area contributed by atoms with Crippen LogP contribution in [0.15, 0.2) is 59.0 Å². The van der Waals surface area contributed by atoms with E-state index in [1.54, 1.807) is 0 Å². The molecule has 0 saturated heterocycles. The van der Waals surface area contributed by atoms with E-state index in [0.717, 1.165) is 12.2 Å². The van der Waals surface area contributed by atoms with Gasteiger partial charge in [0.05, 0.1) is 0 Å². The first-order chi connectivity index (χ1) is 9.86. The Morgan fingerprint density at radius 3 is 2.10 bits per heavy atom. The molecule has 1 unspecified atom stereocenters. The molecule has 0 radical (unpaired) electrons. The molecule has 0 aromatic heterocycles. The Bertz CT molecular complexity index is 531. The summed E-state index contributed by atoms with van der Waals surface area (Å²) in [5, 5.41) is 0. The minimum Gasteiger partial charge on any atom is -0.126 e. The van der Waals surface area contributed by atoms with Crippen molar-refractivity contribution in [1.82, 2.24) is 0 Å². The Hall–Kier alpha value is -1.21. The Morgan fingerprint density at radius 1 is 1.10 bits per heavy atom. The van der Waals surface area contributed by atoms with E-state index in [-0.39, 0.29) is 0 Å². The second-order valence-corrected chi connectivity index (χ2v) is 7.06. The molecule has 0 heterocycles. The summed E-state index contributed by atoms with van der Waals surface area (Å²) in [6.07, 6.45) is 1.09. The molecule has 21 heavy (non-hydrogen) atoms. The van der Waals surface area contributed by atoms with Crippen LogP contribution in [0, 0.1) is 6.92 Å². The largest absolute Gasteiger partial charge is 0.126 e. The monoisotopic (exact) mass is 300 g/mol. The van der Waals surface area contributed by atoms with Crippen molar-refractivity contribution in [2.24, 2.45) is 0 Å². The zero-order chi connectivity index (χ0) is 16.0. The first-order valence-electron chi connectivity index (χ1n) is 7.57. The van der Waals surface area contributed by atoms with E-state index in [0.29, 0.717) is 5.92 Å². The van der Waals surface area contributed by atoms with Gasteiger partial charge in [0, 0.05) is 11.7 Å². The smallest absolute Gasteiger partial charge is 0.0182 e. The molecule has 0 aliphatic rings. The third kappa shape index (κ3) is 5.24. The molecular weight excluding hydrogens is 272 g/mol. The number of benzene rings is 1. The first kappa shape index (κ1) is 17.8. The van der Waals surface area contributed by atoms with Crippen LogP contribution in [-0.2, 0) is 0 Å². The number of allylic oxidation sites excluding steroid dienone is 3. The van der Waals surface area contributed by atoms with Crippen LogP contribution < -0.4 is 0 Å². The van der Waals surface area contributed by atoms with Gasteiger partial charge in [-0.2, -0.15) is 0 Å². The van der Waals surface area contributed by atoms with Gasteiger partial charge in [0.15, 0.2) is 0 Å². The lowest BCUT2D eigenvalue weighted by Crippen LogP contribution is -2.05. The van der Waals surface area contributed by atoms with Gasteiger partial charge in [-0.3, -0.25) is 0 Å². The molecule has 0 aliphatic carbocycles. The van der Waals surface area contributed by atoms with Crippen LogP contribution in [0.3, 0.4) is 0 Å². The molecule has 0 fully saturated rings. The standard InChI is InChI=1S/C20H28S/c1-8-19(18-11-9-16(6)10-12-18)20(15(4)5)17(7)21-13-14(2)3/h9-12,19H,2,4,8,13H2,1,3,5-7H3/b20-17-. The molecule has 0 aliphatic heterocycles. The second kappa shape index (κ2) is 8.29. The zero-order valence-electron chi connectivity index (χ0n) is 14.1. The van der Waals surface area contributed by atoms with E-state index >= 15 is 0 Å². The van der Waals surface area contributed by atoms with Gasteiger partial charge in [0.25, 0.3) is 0 Å². The van der Waals surface area contributed by atoms with Crippen LogP contribution >= 0.6 is 11.8 Å². The molecule has 0 N–H and O–H groups in total. The fourth-order valence-electron chi connectivity index (χ4n) is 2.56. The average Bonchev–Trinajstić information content (AvgIpc) is 2.42. The lowest BCUT2D eigenvalue weighted by Gasteiger charge is -2.23. The molecule has 1 aromatic carbocycles. The average molecular weight is 301 g/mol. The fraction of sp³-hybridized carbons (Fsp3) is 0.400. The molecule has 1 heteroatoms. The van der Waals surface area contributed by atoms with Crippen molar-refractivity contribution in [3.8, 4) is 0 Å². The number of hydrogen-bond acceptors (Lipinski definition) is 1. The highest BCUT2D eigenvalue weighted by atomic mass is 32.2. The SMILES string of the molecule is C=C(C)CS/C(C)=C(/C(=C)C)C(CC)c1ccc(C)cc1. The van der Waals surface area contributed by atoms with Gasteiger partial charge in [-0.15, -0.1) is 11.8 Å². The molecule has 1 atom stereocenters. The van der Waals surface area contributed by atoms with Crippen LogP contribution in [0.1, 0.15) is 51.2 Å². The summed E-state index contributed by atoms with van der Waals surface area (Å²) in [5.41, 5.74) is 6.48. The van der Waals surface area contributed by atoms with E-state index in [2.05, 4.69) is 72.0 Å².